The SMILES string of the molecule is C=CCn1c(SCC(=O)Nc2nc(OC)cc(OC)n2)nc2cc(Cl)ccc2c1=O. The van der Waals surface area contributed by atoms with Crippen LogP contribution in [-0.2, 0) is 11.3 Å². The molecule has 0 saturated carbocycles. The summed E-state index contributed by atoms with van der Waals surface area (Å²) in [5.41, 5.74) is 0.219. The molecule has 0 unspecified atom stereocenters. The number of allylic oxidation sites excluding steroid dienone is 1. The fourth-order valence-corrected chi connectivity index (χ4v) is 3.51. The number of halogens is 1. The van der Waals surface area contributed by atoms with Crippen LogP contribution in [0.1, 0.15) is 0 Å². The predicted octanol–water partition coefficient (Wildman–Crippen LogP) is 2.77. The second-order valence-electron chi connectivity index (χ2n) is 5.87. The van der Waals surface area contributed by atoms with E-state index < -0.39 is 0 Å². The molecule has 0 fully saturated rings. The number of hydrogen-bond donors (Lipinski definition) is 1. The van der Waals surface area contributed by atoms with Crippen LogP contribution in [0.15, 0.2) is 46.9 Å². The zero-order valence-electron chi connectivity index (χ0n) is 16.2. The van der Waals surface area contributed by atoms with E-state index in [-0.39, 0.29) is 41.5 Å². The largest absolute Gasteiger partial charge is 0.481 e. The van der Waals surface area contributed by atoms with Crippen molar-refractivity contribution in [2.45, 2.75) is 11.7 Å². The van der Waals surface area contributed by atoms with Gasteiger partial charge in [-0.1, -0.05) is 29.4 Å². The Bertz CT molecular complexity index is 1150. The van der Waals surface area contributed by atoms with Crippen molar-refractivity contribution in [1.29, 1.82) is 0 Å². The molecule has 0 aliphatic carbocycles. The highest BCUT2D eigenvalue weighted by Crippen LogP contribution is 2.21. The summed E-state index contributed by atoms with van der Waals surface area (Å²) in [5, 5.41) is 3.85. The average Bonchev–Trinajstić information content (AvgIpc) is 2.74. The van der Waals surface area contributed by atoms with Gasteiger partial charge in [0.1, 0.15) is 0 Å². The summed E-state index contributed by atoms with van der Waals surface area (Å²) in [5.74, 6) is 0.119. The van der Waals surface area contributed by atoms with Crippen molar-refractivity contribution in [1.82, 2.24) is 19.5 Å². The van der Waals surface area contributed by atoms with Gasteiger partial charge in [0.15, 0.2) is 5.16 Å². The molecule has 0 saturated heterocycles. The maximum atomic E-state index is 12.8. The number of rotatable bonds is 8. The number of carbonyl (C=O) groups excluding carboxylic acids is 1. The zero-order valence-corrected chi connectivity index (χ0v) is 17.8. The molecule has 0 bridgehead atoms. The topological polar surface area (TPSA) is 108 Å². The van der Waals surface area contributed by atoms with Crippen molar-refractivity contribution in [2.75, 3.05) is 25.3 Å². The summed E-state index contributed by atoms with van der Waals surface area (Å²) in [6.45, 7) is 3.93. The van der Waals surface area contributed by atoms with Crippen LogP contribution in [0, 0.1) is 0 Å². The molecule has 0 atom stereocenters. The van der Waals surface area contributed by atoms with E-state index >= 15 is 0 Å². The third-order valence-electron chi connectivity index (χ3n) is 3.88. The number of aromatic nitrogens is 4. The molecular weight excluding hydrogens is 430 g/mol. The first-order valence-corrected chi connectivity index (χ1v) is 10.0. The average molecular weight is 448 g/mol. The van der Waals surface area contributed by atoms with Crippen molar-refractivity contribution in [2.24, 2.45) is 0 Å². The van der Waals surface area contributed by atoms with Gasteiger partial charge in [0.2, 0.25) is 23.6 Å². The van der Waals surface area contributed by atoms with E-state index in [1.165, 1.54) is 24.9 Å². The first kappa shape index (κ1) is 21.6. The van der Waals surface area contributed by atoms with Crippen LogP contribution in [0.25, 0.3) is 10.9 Å². The van der Waals surface area contributed by atoms with Gasteiger partial charge in [0.25, 0.3) is 5.56 Å². The van der Waals surface area contributed by atoms with Crippen LogP contribution in [0.2, 0.25) is 5.02 Å². The molecular formula is C19H18ClN5O4S. The lowest BCUT2D eigenvalue weighted by atomic mass is 10.2. The van der Waals surface area contributed by atoms with E-state index in [0.29, 0.717) is 21.1 Å². The fourth-order valence-electron chi connectivity index (χ4n) is 2.53. The zero-order chi connectivity index (χ0) is 21.7. The van der Waals surface area contributed by atoms with Gasteiger partial charge in [-0.05, 0) is 18.2 Å². The van der Waals surface area contributed by atoms with Crippen molar-refractivity contribution in [3.05, 3.63) is 52.3 Å². The van der Waals surface area contributed by atoms with Gasteiger partial charge < -0.3 is 9.47 Å². The molecule has 0 radical (unpaired) electrons. The van der Waals surface area contributed by atoms with Crippen LogP contribution in [0.3, 0.4) is 0 Å². The Hall–Kier alpha value is -3.11. The number of carbonyl (C=O) groups is 1. The molecule has 1 amide bonds. The summed E-state index contributed by atoms with van der Waals surface area (Å²) < 4.78 is 11.6. The number of fused-ring (bicyclic) bond motifs is 1. The van der Waals surface area contributed by atoms with Gasteiger partial charge in [0, 0.05) is 11.6 Å². The molecule has 2 heterocycles. The van der Waals surface area contributed by atoms with Crippen molar-refractivity contribution < 1.29 is 14.3 Å². The van der Waals surface area contributed by atoms with E-state index in [0.717, 1.165) is 11.8 Å². The third-order valence-corrected chi connectivity index (χ3v) is 5.09. The van der Waals surface area contributed by atoms with Crippen LogP contribution in [0.5, 0.6) is 11.8 Å². The minimum Gasteiger partial charge on any atom is -0.481 e. The Kier molecular flexibility index (Phi) is 6.91. The first-order valence-electron chi connectivity index (χ1n) is 8.66. The number of nitrogens with zero attached hydrogens (tertiary/aromatic N) is 4. The summed E-state index contributed by atoms with van der Waals surface area (Å²) in [4.78, 5) is 37.8. The van der Waals surface area contributed by atoms with Gasteiger partial charge in [-0.2, -0.15) is 9.97 Å². The van der Waals surface area contributed by atoms with Gasteiger partial charge in [-0.15, -0.1) is 6.58 Å². The summed E-state index contributed by atoms with van der Waals surface area (Å²) in [6.07, 6.45) is 1.59. The number of thioether (sulfide) groups is 1. The van der Waals surface area contributed by atoms with Gasteiger partial charge >= 0.3 is 0 Å². The highest BCUT2D eigenvalue weighted by molar-refractivity contribution is 7.99. The Balaban J connectivity index is 1.82. The van der Waals surface area contributed by atoms with Gasteiger partial charge in [-0.25, -0.2) is 4.98 Å². The maximum Gasteiger partial charge on any atom is 0.262 e. The first-order chi connectivity index (χ1) is 14.4. The number of amides is 1. The maximum absolute atomic E-state index is 12.8. The molecule has 9 nitrogen and oxygen atoms in total. The fraction of sp³-hybridized carbons (Fsp3) is 0.211. The minimum absolute atomic E-state index is 0.0292. The highest BCUT2D eigenvalue weighted by atomic mass is 35.5. The van der Waals surface area contributed by atoms with Gasteiger partial charge in [0.05, 0.1) is 36.9 Å². The normalized spacial score (nSPS) is 10.6. The molecule has 0 aliphatic heterocycles. The Labute approximate surface area is 181 Å². The number of anilines is 1. The van der Waals surface area contributed by atoms with E-state index in [2.05, 4.69) is 26.8 Å². The molecule has 30 heavy (non-hydrogen) atoms. The standard InChI is InChI=1S/C19H18ClN5O4S/c1-4-7-25-17(27)12-6-5-11(20)8-13(12)21-19(25)30-10-14(26)22-18-23-15(28-2)9-16(24-18)29-3/h4-6,8-9H,1,7,10H2,2-3H3,(H,22,23,24,26). The number of nitrogens with one attached hydrogen (secondary N) is 1. The minimum atomic E-state index is -0.388. The highest BCUT2D eigenvalue weighted by Gasteiger charge is 2.14. The third kappa shape index (κ3) is 4.89. The van der Waals surface area contributed by atoms with E-state index in [1.54, 1.807) is 24.3 Å². The molecule has 0 spiro atoms. The molecule has 11 heteroatoms. The quantitative estimate of drug-likeness (QED) is 0.319. The van der Waals surface area contributed by atoms with Crippen LogP contribution < -0.4 is 20.3 Å². The molecule has 2 aromatic heterocycles. The summed E-state index contributed by atoms with van der Waals surface area (Å²) >= 11 is 7.12. The molecule has 1 N–H and O–H groups in total. The lowest BCUT2D eigenvalue weighted by Gasteiger charge is -2.12. The summed E-state index contributed by atoms with van der Waals surface area (Å²) in [6, 6.07) is 6.36. The second-order valence-corrected chi connectivity index (χ2v) is 7.25. The van der Waals surface area contributed by atoms with Crippen LogP contribution in [0.4, 0.5) is 5.95 Å². The van der Waals surface area contributed by atoms with E-state index in [9.17, 15) is 9.59 Å². The number of ether oxygens (including phenoxy) is 2. The Morgan fingerprint density at radius 3 is 2.57 bits per heavy atom. The second kappa shape index (κ2) is 9.59. The number of methoxy groups -OCH3 is 2. The van der Waals surface area contributed by atoms with E-state index in [4.69, 9.17) is 21.1 Å². The molecule has 1 aromatic carbocycles. The number of benzene rings is 1. The number of hydrogen-bond acceptors (Lipinski definition) is 8. The monoisotopic (exact) mass is 447 g/mol. The van der Waals surface area contributed by atoms with Gasteiger partial charge in [-0.3, -0.25) is 19.5 Å². The molecule has 156 valence electrons. The smallest absolute Gasteiger partial charge is 0.262 e. The van der Waals surface area contributed by atoms with Crippen molar-refractivity contribution in [3.8, 4) is 11.8 Å². The van der Waals surface area contributed by atoms with Crippen LogP contribution in [-0.4, -0.2) is 45.4 Å². The molecule has 0 aliphatic rings. The van der Waals surface area contributed by atoms with Crippen molar-refractivity contribution in [3.63, 3.8) is 0 Å². The predicted molar refractivity (Wildman–Crippen MR) is 116 cm³/mol. The van der Waals surface area contributed by atoms with E-state index in [1.807, 2.05) is 0 Å². The Morgan fingerprint density at radius 2 is 1.93 bits per heavy atom. The lowest BCUT2D eigenvalue weighted by molar-refractivity contribution is -0.113. The molecule has 3 rings (SSSR count). The lowest BCUT2D eigenvalue weighted by Crippen LogP contribution is -2.24. The summed E-state index contributed by atoms with van der Waals surface area (Å²) in [7, 11) is 2.89. The van der Waals surface area contributed by atoms with Crippen LogP contribution >= 0.6 is 23.4 Å². The molecule has 3 aromatic rings. The Morgan fingerprint density at radius 1 is 1.23 bits per heavy atom. The van der Waals surface area contributed by atoms with Crippen molar-refractivity contribution >= 4 is 46.1 Å².